The number of carbonyl (C=O) groups excluding carboxylic acids is 1. The van der Waals surface area contributed by atoms with Crippen LogP contribution in [0.5, 0.6) is 0 Å². The Labute approximate surface area is 173 Å². The minimum atomic E-state index is -0.235. The third-order valence-electron chi connectivity index (χ3n) is 6.02. The van der Waals surface area contributed by atoms with E-state index >= 15 is 0 Å². The second kappa shape index (κ2) is 7.36. The van der Waals surface area contributed by atoms with Crippen molar-refractivity contribution in [2.75, 3.05) is 0 Å². The van der Waals surface area contributed by atoms with Crippen molar-refractivity contribution in [1.29, 1.82) is 0 Å². The minimum Gasteiger partial charge on any atom is -0.462 e. The number of nitrogens with one attached hydrogen (secondary N) is 1. The van der Waals surface area contributed by atoms with Crippen molar-refractivity contribution >= 4 is 29.2 Å². The fourth-order valence-electron chi connectivity index (χ4n) is 4.55. The number of fused-ring (bicyclic) bond motifs is 2. The maximum absolute atomic E-state index is 12.8. The summed E-state index contributed by atoms with van der Waals surface area (Å²) in [5.41, 5.74) is 1.93. The van der Waals surface area contributed by atoms with Crippen LogP contribution in [0.3, 0.4) is 0 Å². The van der Waals surface area contributed by atoms with E-state index < -0.39 is 0 Å². The highest BCUT2D eigenvalue weighted by molar-refractivity contribution is 6.39. The van der Waals surface area contributed by atoms with Crippen LogP contribution in [0.15, 0.2) is 22.7 Å². The van der Waals surface area contributed by atoms with Crippen LogP contribution in [-0.4, -0.2) is 29.3 Å². The van der Waals surface area contributed by atoms with E-state index in [2.05, 4.69) is 10.5 Å². The number of esters is 1. The number of hydrogen-bond acceptors (Lipinski definition) is 5. The summed E-state index contributed by atoms with van der Waals surface area (Å²) >= 11 is 12.8. The van der Waals surface area contributed by atoms with Crippen molar-refractivity contribution in [3.63, 3.8) is 0 Å². The molecule has 7 heteroatoms. The van der Waals surface area contributed by atoms with Crippen molar-refractivity contribution in [1.82, 2.24) is 10.5 Å². The van der Waals surface area contributed by atoms with Gasteiger partial charge in [-0.1, -0.05) is 34.4 Å². The van der Waals surface area contributed by atoms with Crippen molar-refractivity contribution in [2.45, 2.75) is 69.1 Å². The van der Waals surface area contributed by atoms with E-state index in [-0.39, 0.29) is 18.5 Å². The number of hydrogen-bond donors (Lipinski definition) is 1. The lowest BCUT2D eigenvalue weighted by molar-refractivity contribution is -0.150. The average Bonchev–Trinajstić information content (AvgIpc) is 3.34. The zero-order valence-corrected chi connectivity index (χ0v) is 16.9. The maximum Gasteiger partial charge on any atom is 0.310 e. The topological polar surface area (TPSA) is 64.4 Å². The van der Waals surface area contributed by atoms with E-state index in [0.717, 1.165) is 37.0 Å². The van der Waals surface area contributed by atoms with E-state index in [9.17, 15) is 4.79 Å². The van der Waals surface area contributed by atoms with E-state index in [1.807, 2.05) is 0 Å². The third-order valence-corrected chi connectivity index (χ3v) is 6.65. The summed E-state index contributed by atoms with van der Waals surface area (Å²) in [4.78, 5) is 12.8. The molecule has 2 aromatic rings. The first-order chi connectivity index (χ1) is 13.6. The number of ether oxygens (including phenoxy) is 1. The van der Waals surface area contributed by atoms with Gasteiger partial charge in [-0.15, -0.1) is 0 Å². The van der Waals surface area contributed by atoms with Gasteiger partial charge in [0.25, 0.3) is 0 Å². The quantitative estimate of drug-likeness (QED) is 0.697. The van der Waals surface area contributed by atoms with Crippen LogP contribution >= 0.6 is 23.2 Å². The fourth-order valence-corrected chi connectivity index (χ4v) is 5.13. The van der Waals surface area contributed by atoms with Gasteiger partial charge in [-0.05, 0) is 50.7 Å². The van der Waals surface area contributed by atoms with Crippen LogP contribution in [0.25, 0.3) is 11.3 Å². The van der Waals surface area contributed by atoms with E-state index in [1.54, 1.807) is 18.2 Å². The van der Waals surface area contributed by atoms with Gasteiger partial charge in [-0.25, -0.2) is 0 Å². The van der Waals surface area contributed by atoms with Crippen LogP contribution < -0.4 is 5.32 Å². The molecule has 1 aromatic heterocycles. The molecule has 5 nitrogen and oxygen atoms in total. The predicted molar refractivity (Wildman–Crippen MR) is 107 cm³/mol. The monoisotopic (exact) mass is 420 g/mol. The van der Waals surface area contributed by atoms with E-state index in [0.29, 0.717) is 39.3 Å². The van der Waals surface area contributed by atoms with Crippen molar-refractivity contribution in [3.05, 3.63) is 39.6 Å². The van der Waals surface area contributed by atoms with Crippen molar-refractivity contribution in [3.8, 4) is 11.3 Å². The van der Waals surface area contributed by atoms with Gasteiger partial charge >= 0.3 is 5.97 Å². The molecule has 2 aliphatic heterocycles. The molecule has 1 aromatic carbocycles. The first-order valence-electron chi connectivity index (χ1n) is 9.97. The van der Waals surface area contributed by atoms with Gasteiger partial charge < -0.3 is 14.6 Å². The summed E-state index contributed by atoms with van der Waals surface area (Å²) in [6, 6.07) is 6.27. The Bertz CT molecular complexity index is 877. The van der Waals surface area contributed by atoms with Crippen molar-refractivity contribution in [2.24, 2.45) is 0 Å². The summed E-state index contributed by atoms with van der Waals surface area (Å²) < 4.78 is 11.5. The number of halogens is 2. The number of benzene rings is 1. The fraction of sp³-hybridized carbons (Fsp3) is 0.524. The van der Waals surface area contributed by atoms with Gasteiger partial charge in [0.1, 0.15) is 17.6 Å². The predicted octanol–water partition coefficient (Wildman–Crippen LogP) is 4.89. The molecule has 5 rings (SSSR count). The second-order valence-corrected chi connectivity index (χ2v) is 8.96. The molecule has 0 amide bonds. The third kappa shape index (κ3) is 3.56. The Kier molecular flexibility index (Phi) is 4.85. The highest BCUT2D eigenvalue weighted by Gasteiger charge is 2.37. The second-order valence-electron chi connectivity index (χ2n) is 8.14. The number of aromatic nitrogens is 1. The minimum absolute atomic E-state index is 0.0113. The van der Waals surface area contributed by atoms with Gasteiger partial charge in [-0.3, -0.25) is 4.79 Å². The molecule has 0 spiro atoms. The summed E-state index contributed by atoms with van der Waals surface area (Å²) in [6.45, 7) is 0. The van der Waals surface area contributed by atoms with Crippen LogP contribution in [0.4, 0.5) is 0 Å². The molecule has 1 saturated carbocycles. The van der Waals surface area contributed by atoms with Gasteiger partial charge in [0.05, 0.1) is 16.5 Å². The van der Waals surface area contributed by atoms with Gasteiger partial charge in [-0.2, -0.15) is 0 Å². The van der Waals surface area contributed by atoms with E-state index in [4.69, 9.17) is 32.5 Å². The molecule has 1 N–H and O–H groups in total. The smallest absolute Gasteiger partial charge is 0.310 e. The van der Waals surface area contributed by atoms with Gasteiger partial charge in [0, 0.05) is 29.1 Å². The zero-order valence-electron chi connectivity index (χ0n) is 15.4. The number of rotatable bonds is 5. The molecule has 2 saturated heterocycles. The zero-order chi connectivity index (χ0) is 19.3. The van der Waals surface area contributed by atoms with Crippen LogP contribution in [0.2, 0.25) is 10.0 Å². The SMILES string of the molecule is O=C(Cc1c(-c2c(Cl)cccc2Cl)noc1C1CC1)OC1CC2CC[C@H](C1)N2. The molecule has 148 valence electrons. The molecule has 2 bridgehead atoms. The molecular weight excluding hydrogens is 399 g/mol. The lowest BCUT2D eigenvalue weighted by Crippen LogP contribution is -2.42. The number of nitrogens with zero attached hydrogens (tertiary/aromatic N) is 1. The first-order valence-corrected chi connectivity index (χ1v) is 10.7. The lowest BCUT2D eigenvalue weighted by atomic mass is 10.0. The van der Waals surface area contributed by atoms with E-state index in [1.165, 1.54) is 12.8 Å². The van der Waals surface area contributed by atoms with Gasteiger partial charge in [0.15, 0.2) is 0 Å². The molecular formula is C21H22Cl2N2O3. The molecule has 2 unspecified atom stereocenters. The van der Waals surface area contributed by atoms with Crippen LogP contribution in [0.1, 0.15) is 55.8 Å². The molecule has 3 atom stereocenters. The molecule has 0 radical (unpaired) electrons. The molecule has 3 heterocycles. The Morgan fingerprint density at radius 2 is 1.82 bits per heavy atom. The van der Waals surface area contributed by atoms with Crippen LogP contribution in [-0.2, 0) is 16.0 Å². The average molecular weight is 421 g/mol. The molecule has 1 aliphatic carbocycles. The van der Waals surface area contributed by atoms with Crippen LogP contribution in [0, 0.1) is 0 Å². The Morgan fingerprint density at radius 3 is 2.46 bits per heavy atom. The Morgan fingerprint density at radius 1 is 1.14 bits per heavy atom. The largest absolute Gasteiger partial charge is 0.462 e. The number of carbonyl (C=O) groups is 1. The summed E-state index contributed by atoms with van der Waals surface area (Å²) in [7, 11) is 0. The Hall–Kier alpha value is -1.56. The molecule has 3 aliphatic rings. The number of piperidine rings is 1. The molecule has 3 fully saturated rings. The first kappa shape index (κ1) is 18.5. The summed E-state index contributed by atoms with van der Waals surface area (Å²) in [6.07, 6.45) is 6.34. The highest BCUT2D eigenvalue weighted by atomic mass is 35.5. The maximum atomic E-state index is 12.8. The lowest BCUT2D eigenvalue weighted by Gasteiger charge is -2.28. The summed E-state index contributed by atoms with van der Waals surface area (Å²) in [5, 5.41) is 8.80. The van der Waals surface area contributed by atoms with Gasteiger partial charge in [0.2, 0.25) is 0 Å². The Balaban J connectivity index is 1.39. The molecule has 28 heavy (non-hydrogen) atoms. The standard InChI is InChI=1S/C21H22Cl2N2O3/c22-16-2-1-3-17(23)19(16)20-15(21(28-25-20)11-4-5-11)10-18(26)27-14-8-12-6-7-13(9-14)24-12/h1-3,11-14,24H,4-10H2/t12-,13?,14?/m1/s1. The highest BCUT2D eigenvalue weighted by Crippen LogP contribution is 2.46. The van der Waals surface area contributed by atoms with Crippen molar-refractivity contribution < 1.29 is 14.1 Å². The normalized spacial score (nSPS) is 26.4. The summed E-state index contributed by atoms with van der Waals surface area (Å²) in [5.74, 6) is 0.856.